The lowest BCUT2D eigenvalue weighted by molar-refractivity contribution is -0.139. The number of nitrogens with one attached hydrogen (secondary N) is 1. The highest BCUT2D eigenvalue weighted by atomic mass is 16.5. The van der Waals surface area contributed by atoms with Gasteiger partial charge in [0, 0.05) is 31.9 Å². The summed E-state index contributed by atoms with van der Waals surface area (Å²) in [5.41, 5.74) is 2.86. The first-order valence-electron chi connectivity index (χ1n) is 11.8. The number of ether oxygens (including phenoxy) is 1. The molecule has 1 saturated heterocycles. The first-order chi connectivity index (χ1) is 17.5. The second-order valence-corrected chi connectivity index (χ2v) is 8.57. The van der Waals surface area contributed by atoms with Gasteiger partial charge in [0.15, 0.2) is 0 Å². The smallest absolute Gasteiger partial charge is 0.335 e. The number of hydrogen-bond acceptors (Lipinski definition) is 5. The normalized spacial score (nSPS) is 14.0. The Morgan fingerprint density at radius 2 is 1.42 bits per heavy atom. The van der Waals surface area contributed by atoms with Crippen molar-refractivity contribution in [3.8, 4) is 0 Å². The maximum atomic E-state index is 12.7. The molecular formula is C28H29N3O5. The zero-order valence-electron chi connectivity index (χ0n) is 19.9. The molecule has 4 rings (SSSR count). The average Bonchev–Trinajstić information content (AvgIpc) is 2.90. The van der Waals surface area contributed by atoms with E-state index in [-0.39, 0.29) is 30.7 Å². The molecule has 1 fully saturated rings. The second-order valence-electron chi connectivity index (χ2n) is 8.57. The molecule has 2 amide bonds. The third kappa shape index (κ3) is 6.56. The fourth-order valence-electron chi connectivity index (χ4n) is 4.36. The summed E-state index contributed by atoms with van der Waals surface area (Å²) < 4.78 is 5.34. The van der Waals surface area contributed by atoms with Crippen molar-refractivity contribution in [1.82, 2.24) is 9.80 Å². The van der Waals surface area contributed by atoms with Crippen molar-refractivity contribution in [2.45, 2.75) is 6.04 Å². The van der Waals surface area contributed by atoms with E-state index in [4.69, 9.17) is 9.84 Å². The molecule has 0 radical (unpaired) electrons. The van der Waals surface area contributed by atoms with Crippen molar-refractivity contribution in [2.24, 2.45) is 0 Å². The Kier molecular flexibility index (Phi) is 8.44. The Hall–Kier alpha value is -4.01. The summed E-state index contributed by atoms with van der Waals surface area (Å²) in [6.45, 7) is 2.11. The lowest BCUT2D eigenvalue weighted by Crippen LogP contribution is -2.50. The minimum absolute atomic E-state index is 0.0739. The molecule has 2 N–H and O–H groups in total. The van der Waals surface area contributed by atoms with Crippen molar-refractivity contribution in [2.75, 3.05) is 44.7 Å². The molecule has 1 heterocycles. The second kappa shape index (κ2) is 12.1. The Balaban J connectivity index is 1.26. The van der Waals surface area contributed by atoms with Gasteiger partial charge in [-0.1, -0.05) is 66.7 Å². The van der Waals surface area contributed by atoms with E-state index >= 15 is 0 Å². The van der Waals surface area contributed by atoms with Crippen LogP contribution in [0.1, 0.15) is 27.5 Å². The highest BCUT2D eigenvalue weighted by Crippen LogP contribution is 2.29. The van der Waals surface area contributed by atoms with E-state index in [9.17, 15) is 14.4 Å². The van der Waals surface area contributed by atoms with Crippen LogP contribution in [0, 0.1) is 0 Å². The number of anilines is 1. The van der Waals surface area contributed by atoms with Gasteiger partial charge in [0.05, 0.1) is 11.6 Å². The Morgan fingerprint density at radius 1 is 0.806 bits per heavy atom. The summed E-state index contributed by atoms with van der Waals surface area (Å²) in [4.78, 5) is 40.0. The van der Waals surface area contributed by atoms with Crippen LogP contribution in [0.4, 0.5) is 5.69 Å². The van der Waals surface area contributed by atoms with E-state index in [1.807, 2.05) is 36.4 Å². The lowest BCUT2D eigenvalue weighted by atomic mass is 9.96. The summed E-state index contributed by atoms with van der Waals surface area (Å²) in [5, 5.41) is 11.6. The predicted molar refractivity (Wildman–Crippen MR) is 136 cm³/mol. The minimum Gasteiger partial charge on any atom is -0.478 e. The van der Waals surface area contributed by atoms with Gasteiger partial charge in [0.1, 0.15) is 13.2 Å². The van der Waals surface area contributed by atoms with Crippen molar-refractivity contribution in [3.05, 3.63) is 102 Å². The zero-order valence-corrected chi connectivity index (χ0v) is 19.9. The van der Waals surface area contributed by atoms with Crippen LogP contribution in [0.2, 0.25) is 0 Å². The minimum atomic E-state index is -1.08. The van der Waals surface area contributed by atoms with Gasteiger partial charge in [0.25, 0.3) is 0 Å². The zero-order chi connectivity index (χ0) is 25.3. The van der Waals surface area contributed by atoms with Crippen molar-refractivity contribution in [1.29, 1.82) is 0 Å². The molecule has 0 aliphatic carbocycles. The lowest BCUT2D eigenvalue weighted by Gasteiger charge is -2.39. The Labute approximate surface area is 210 Å². The van der Waals surface area contributed by atoms with Crippen LogP contribution in [0.15, 0.2) is 84.9 Å². The molecule has 0 aromatic heterocycles. The maximum Gasteiger partial charge on any atom is 0.335 e. The summed E-state index contributed by atoms with van der Waals surface area (Å²) in [5.74, 6) is -1.69. The van der Waals surface area contributed by atoms with Gasteiger partial charge < -0.3 is 20.1 Å². The van der Waals surface area contributed by atoms with E-state index < -0.39 is 11.9 Å². The summed E-state index contributed by atoms with van der Waals surface area (Å²) >= 11 is 0. The van der Waals surface area contributed by atoms with Gasteiger partial charge in [-0.05, 0) is 29.3 Å². The number of amides is 2. The monoisotopic (exact) mass is 487 g/mol. The van der Waals surface area contributed by atoms with Crippen LogP contribution in [0.3, 0.4) is 0 Å². The molecule has 186 valence electrons. The average molecular weight is 488 g/mol. The third-order valence-corrected chi connectivity index (χ3v) is 6.11. The van der Waals surface area contributed by atoms with Crippen LogP contribution in [0.5, 0.6) is 0 Å². The topological polar surface area (TPSA) is 99.2 Å². The quantitative estimate of drug-likeness (QED) is 0.481. The Bertz CT molecular complexity index is 1140. The number of nitrogens with zero attached hydrogens (tertiary/aromatic N) is 2. The molecule has 36 heavy (non-hydrogen) atoms. The fourth-order valence-corrected chi connectivity index (χ4v) is 4.36. The Morgan fingerprint density at radius 3 is 2.00 bits per heavy atom. The molecule has 0 bridgehead atoms. The van der Waals surface area contributed by atoms with E-state index in [2.05, 4.69) is 34.5 Å². The van der Waals surface area contributed by atoms with Crippen LogP contribution in [-0.4, -0.2) is 72.1 Å². The van der Waals surface area contributed by atoms with Crippen LogP contribution in [-0.2, 0) is 14.3 Å². The highest BCUT2D eigenvalue weighted by molar-refractivity contribution is 5.94. The van der Waals surface area contributed by atoms with Gasteiger partial charge in [0.2, 0.25) is 11.8 Å². The molecular weight excluding hydrogens is 458 g/mol. The van der Waals surface area contributed by atoms with Gasteiger partial charge in [-0.15, -0.1) is 0 Å². The van der Waals surface area contributed by atoms with Crippen LogP contribution < -0.4 is 5.32 Å². The van der Waals surface area contributed by atoms with Crippen LogP contribution >= 0.6 is 0 Å². The number of piperazine rings is 1. The standard InChI is InChI=1S/C28H29N3O5/c32-25(29-24-13-7-12-23(18-24)28(34)35)19-36-20-26(33)30-14-16-31(17-15-30)27(21-8-3-1-4-9-21)22-10-5-2-6-11-22/h1-13,18,27H,14-17,19-20H2,(H,29,32)(H,34,35). The number of rotatable bonds is 9. The van der Waals surface area contributed by atoms with E-state index in [1.54, 1.807) is 17.0 Å². The largest absolute Gasteiger partial charge is 0.478 e. The molecule has 3 aromatic rings. The first-order valence-corrected chi connectivity index (χ1v) is 11.8. The molecule has 0 saturated carbocycles. The fraction of sp³-hybridized carbons (Fsp3) is 0.250. The van der Waals surface area contributed by atoms with E-state index in [0.717, 1.165) is 13.1 Å². The SMILES string of the molecule is O=C(COCC(=O)N1CCN(C(c2ccccc2)c2ccccc2)CC1)Nc1cccc(C(=O)O)c1. The predicted octanol–water partition coefficient (Wildman–Crippen LogP) is 3.27. The molecule has 3 aromatic carbocycles. The van der Waals surface area contributed by atoms with Crippen LogP contribution in [0.25, 0.3) is 0 Å². The maximum absolute atomic E-state index is 12.7. The number of benzene rings is 3. The summed E-state index contributed by atoms with van der Waals surface area (Å²) in [7, 11) is 0. The molecule has 1 aliphatic heterocycles. The summed E-state index contributed by atoms with van der Waals surface area (Å²) in [6, 6.07) is 26.8. The number of carbonyl (C=O) groups is 3. The molecule has 8 nitrogen and oxygen atoms in total. The van der Waals surface area contributed by atoms with Crippen molar-refractivity contribution in [3.63, 3.8) is 0 Å². The number of carbonyl (C=O) groups excluding carboxylic acids is 2. The van der Waals surface area contributed by atoms with Gasteiger partial charge in [-0.3, -0.25) is 14.5 Å². The number of hydrogen-bond donors (Lipinski definition) is 2. The first kappa shape index (κ1) is 25.1. The molecule has 8 heteroatoms. The van der Waals surface area contributed by atoms with Gasteiger partial charge in [-0.25, -0.2) is 4.79 Å². The van der Waals surface area contributed by atoms with Crippen molar-refractivity contribution < 1.29 is 24.2 Å². The molecule has 0 atom stereocenters. The number of carboxylic acids is 1. The highest BCUT2D eigenvalue weighted by Gasteiger charge is 2.28. The number of aromatic carboxylic acids is 1. The summed E-state index contributed by atoms with van der Waals surface area (Å²) in [6.07, 6.45) is 0. The molecule has 0 spiro atoms. The van der Waals surface area contributed by atoms with Gasteiger partial charge >= 0.3 is 5.97 Å². The van der Waals surface area contributed by atoms with Gasteiger partial charge in [-0.2, -0.15) is 0 Å². The number of carboxylic acid groups (broad SMARTS) is 1. The molecule has 0 unspecified atom stereocenters. The molecule has 1 aliphatic rings. The van der Waals surface area contributed by atoms with E-state index in [0.29, 0.717) is 18.8 Å². The van der Waals surface area contributed by atoms with E-state index in [1.165, 1.54) is 23.3 Å². The van der Waals surface area contributed by atoms with Crippen molar-refractivity contribution >= 4 is 23.5 Å². The third-order valence-electron chi connectivity index (χ3n) is 6.11.